The molecule has 17 nitrogen and oxygen atoms in total. The first-order chi connectivity index (χ1) is 22.3. The first-order valence-electron chi connectivity index (χ1n) is 16.2. The number of methoxy groups -OCH3 is 1. The Balaban J connectivity index is 1.69. The molecule has 0 aromatic rings. The minimum atomic E-state index is -1.68. The van der Waals surface area contributed by atoms with Crippen molar-refractivity contribution in [3.8, 4) is 0 Å². The molecule has 0 unspecified atom stereocenters. The second-order valence-corrected chi connectivity index (χ2v) is 12.3. The molecule has 0 saturated carbocycles. The molecule has 3 fully saturated rings. The highest BCUT2D eigenvalue weighted by molar-refractivity contribution is 5.73. The lowest BCUT2D eigenvalue weighted by molar-refractivity contribution is -0.384. The molecule has 3 saturated heterocycles. The van der Waals surface area contributed by atoms with Gasteiger partial charge in [-0.3, -0.25) is 9.59 Å². The quantitative estimate of drug-likeness (QED) is 0.0621. The van der Waals surface area contributed by atoms with E-state index in [4.69, 9.17) is 28.4 Å². The Morgan fingerprint density at radius 3 is 1.79 bits per heavy atom. The molecule has 47 heavy (non-hydrogen) atoms. The first kappa shape index (κ1) is 39.9. The van der Waals surface area contributed by atoms with E-state index in [0.29, 0.717) is 12.8 Å². The van der Waals surface area contributed by atoms with Gasteiger partial charge in [-0.2, -0.15) is 0 Å². The molecule has 274 valence electrons. The molecule has 0 aromatic heterocycles. The van der Waals surface area contributed by atoms with E-state index in [1.54, 1.807) is 6.92 Å². The van der Waals surface area contributed by atoms with Crippen molar-refractivity contribution in [3.63, 3.8) is 0 Å². The van der Waals surface area contributed by atoms with Crippen molar-refractivity contribution < 1.29 is 78.5 Å². The van der Waals surface area contributed by atoms with E-state index < -0.39 is 105 Å². The Morgan fingerprint density at radius 2 is 1.21 bits per heavy atom. The molecular weight excluding hydrogens is 630 g/mol. The van der Waals surface area contributed by atoms with E-state index in [2.05, 4.69) is 10.1 Å². The SMILES string of the molecule is COC(=O)CCCCCCCCO[C@@H]1O[C@H](C)[C@@H](O)[C@@H](O)[C@@H]1O[C@@H]1O[C@@H](C)[C@@H](O)[C@@H](O)[C@@H]1O[C@@H]1O[C@@H](CO)[C@@H](O)[C@@H](O)[C@H]1NC(C)=O. The summed E-state index contributed by atoms with van der Waals surface area (Å²) in [5, 5.41) is 76.4. The molecule has 3 rings (SSSR count). The normalized spacial score (nSPS) is 41.0. The van der Waals surface area contributed by atoms with E-state index >= 15 is 0 Å². The van der Waals surface area contributed by atoms with Crippen LogP contribution >= 0.6 is 0 Å². The standard InChI is InChI=1S/C30H53NO16/c1-14-20(35)24(39)26(29(43-14)42-12-10-8-6-5-7-9-11-18(34)41-4)47-30-27(25(40)21(36)15(2)44-30)46-28-19(31-16(3)33)23(38)22(37)17(13-32)45-28/h14-15,17,19-30,32,35-40H,5-13H2,1-4H3,(H,31,33)/t14-,15+,17+,19-,20-,21-,22-,23+,24-,25-,26+,27+,28+,29-,30+/m1/s1. The van der Waals surface area contributed by atoms with Crippen molar-refractivity contribution in [3.05, 3.63) is 0 Å². The van der Waals surface area contributed by atoms with Crippen molar-refractivity contribution in [1.82, 2.24) is 5.32 Å². The maximum atomic E-state index is 11.9. The summed E-state index contributed by atoms with van der Waals surface area (Å²) in [5.41, 5.74) is 0. The first-order valence-corrected chi connectivity index (χ1v) is 16.2. The number of hydrogen-bond acceptors (Lipinski definition) is 16. The fraction of sp³-hybridized carbons (Fsp3) is 0.933. The second-order valence-electron chi connectivity index (χ2n) is 12.3. The fourth-order valence-electron chi connectivity index (χ4n) is 5.81. The molecule has 3 aliphatic rings. The van der Waals surface area contributed by atoms with Crippen LogP contribution in [0.25, 0.3) is 0 Å². The number of aliphatic hydroxyl groups is 7. The van der Waals surface area contributed by atoms with Gasteiger partial charge in [0.2, 0.25) is 5.91 Å². The molecular formula is C30H53NO16. The Labute approximate surface area is 274 Å². The highest BCUT2D eigenvalue weighted by Gasteiger charge is 2.53. The number of esters is 1. The number of aliphatic hydroxyl groups excluding tert-OH is 7. The van der Waals surface area contributed by atoms with Gasteiger partial charge in [0.25, 0.3) is 0 Å². The summed E-state index contributed by atoms with van der Waals surface area (Å²) in [6.07, 6.45) is -14.4. The molecule has 0 radical (unpaired) electrons. The van der Waals surface area contributed by atoms with Crippen molar-refractivity contribution in [1.29, 1.82) is 0 Å². The van der Waals surface area contributed by atoms with Crippen LogP contribution in [0.3, 0.4) is 0 Å². The van der Waals surface area contributed by atoms with Gasteiger partial charge < -0.3 is 74.2 Å². The topological polar surface area (TPSA) is 252 Å². The lowest BCUT2D eigenvalue weighted by Gasteiger charge is -2.48. The average molecular weight is 684 g/mol. The number of amides is 1. The summed E-state index contributed by atoms with van der Waals surface area (Å²) in [7, 11) is 1.36. The van der Waals surface area contributed by atoms with Crippen molar-refractivity contribution in [2.24, 2.45) is 0 Å². The number of rotatable bonds is 16. The van der Waals surface area contributed by atoms with Crippen LogP contribution in [-0.4, -0.2) is 160 Å². The Kier molecular flexibility index (Phi) is 16.1. The number of carbonyl (C=O) groups is 2. The molecule has 0 aromatic carbocycles. The Morgan fingerprint density at radius 1 is 0.681 bits per heavy atom. The van der Waals surface area contributed by atoms with Crippen LogP contribution in [0.1, 0.15) is 65.7 Å². The van der Waals surface area contributed by atoms with Gasteiger partial charge in [0.1, 0.15) is 61.0 Å². The van der Waals surface area contributed by atoms with Gasteiger partial charge in [-0.05, 0) is 26.7 Å². The smallest absolute Gasteiger partial charge is 0.305 e. The van der Waals surface area contributed by atoms with E-state index in [1.165, 1.54) is 14.0 Å². The Hall–Kier alpha value is -1.58. The third-order valence-corrected chi connectivity index (χ3v) is 8.69. The molecule has 3 aliphatic heterocycles. The maximum absolute atomic E-state index is 11.9. The number of hydrogen-bond donors (Lipinski definition) is 8. The average Bonchev–Trinajstić information content (AvgIpc) is 3.04. The van der Waals surface area contributed by atoms with Crippen LogP contribution in [0, 0.1) is 0 Å². The van der Waals surface area contributed by atoms with Crippen LogP contribution in [0.4, 0.5) is 0 Å². The molecule has 1 amide bonds. The highest BCUT2D eigenvalue weighted by Crippen LogP contribution is 2.33. The number of ether oxygens (including phenoxy) is 7. The van der Waals surface area contributed by atoms with Gasteiger partial charge >= 0.3 is 5.97 Å². The van der Waals surface area contributed by atoms with Crippen LogP contribution in [0.2, 0.25) is 0 Å². The zero-order valence-corrected chi connectivity index (χ0v) is 27.3. The monoisotopic (exact) mass is 683 g/mol. The summed E-state index contributed by atoms with van der Waals surface area (Å²) in [6, 6.07) is -1.37. The molecule has 3 heterocycles. The third-order valence-electron chi connectivity index (χ3n) is 8.69. The maximum Gasteiger partial charge on any atom is 0.305 e. The van der Waals surface area contributed by atoms with Gasteiger partial charge in [-0.15, -0.1) is 0 Å². The minimum absolute atomic E-state index is 0.225. The van der Waals surface area contributed by atoms with E-state index in [9.17, 15) is 45.3 Å². The highest BCUT2D eigenvalue weighted by atomic mass is 16.8. The number of unbranched alkanes of at least 4 members (excludes halogenated alkanes) is 5. The molecule has 17 heteroatoms. The molecule has 0 spiro atoms. The third kappa shape index (κ3) is 10.7. The summed E-state index contributed by atoms with van der Waals surface area (Å²) in [6.45, 7) is 3.69. The van der Waals surface area contributed by atoms with Crippen molar-refractivity contribution >= 4 is 11.9 Å². The van der Waals surface area contributed by atoms with Gasteiger partial charge in [0.15, 0.2) is 18.9 Å². The van der Waals surface area contributed by atoms with Gasteiger partial charge in [0, 0.05) is 20.0 Å². The van der Waals surface area contributed by atoms with Gasteiger partial charge in [-0.1, -0.05) is 25.7 Å². The van der Waals surface area contributed by atoms with E-state index in [1.807, 2.05) is 0 Å². The van der Waals surface area contributed by atoms with Crippen LogP contribution in [0.15, 0.2) is 0 Å². The van der Waals surface area contributed by atoms with Crippen molar-refractivity contribution in [2.75, 3.05) is 20.3 Å². The zero-order chi connectivity index (χ0) is 34.8. The Bertz CT molecular complexity index is 961. The van der Waals surface area contributed by atoms with Gasteiger partial charge in [-0.25, -0.2) is 0 Å². The largest absolute Gasteiger partial charge is 0.469 e. The predicted octanol–water partition coefficient (Wildman–Crippen LogP) is -2.45. The number of nitrogens with one attached hydrogen (secondary N) is 1. The van der Waals surface area contributed by atoms with Gasteiger partial charge in [0.05, 0.1) is 25.9 Å². The molecule has 8 N–H and O–H groups in total. The van der Waals surface area contributed by atoms with Crippen LogP contribution in [-0.2, 0) is 42.7 Å². The predicted molar refractivity (Wildman–Crippen MR) is 158 cm³/mol. The zero-order valence-electron chi connectivity index (χ0n) is 27.3. The van der Waals surface area contributed by atoms with Crippen molar-refractivity contribution in [2.45, 2.75) is 158 Å². The van der Waals surface area contributed by atoms with E-state index in [0.717, 1.165) is 39.0 Å². The summed E-state index contributed by atoms with van der Waals surface area (Å²) in [5.74, 6) is -0.835. The lowest BCUT2D eigenvalue weighted by Crippen LogP contribution is -2.68. The summed E-state index contributed by atoms with van der Waals surface area (Å²) in [4.78, 5) is 23.1. The molecule has 15 atom stereocenters. The molecule has 0 bridgehead atoms. The van der Waals surface area contributed by atoms with Crippen LogP contribution in [0.5, 0.6) is 0 Å². The second kappa shape index (κ2) is 19.0. The lowest BCUT2D eigenvalue weighted by atomic mass is 9.95. The minimum Gasteiger partial charge on any atom is -0.469 e. The fourth-order valence-corrected chi connectivity index (χ4v) is 5.81. The number of carbonyl (C=O) groups excluding carboxylic acids is 2. The van der Waals surface area contributed by atoms with Crippen LogP contribution < -0.4 is 5.32 Å². The molecule has 0 aliphatic carbocycles. The van der Waals surface area contributed by atoms with E-state index in [-0.39, 0.29) is 12.6 Å². The summed E-state index contributed by atoms with van der Waals surface area (Å²) >= 11 is 0. The summed E-state index contributed by atoms with van der Waals surface area (Å²) < 4.78 is 39.8.